The third-order valence-corrected chi connectivity index (χ3v) is 3.95. The van der Waals surface area contributed by atoms with Gasteiger partial charge < -0.3 is 10.2 Å². The zero-order valence-corrected chi connectivity index (χ0v) is 11.3. The van der Waals surface area contributed by atoms with Gasteiger partial charge in [-0.15, -0.1) is 0 Å². The van der Waals surface area contributed by atoms with Crippen molar-refractivity contribution in [3.63, 3.8) is 0 Å². The van der Waals surface area contributed by atoms with Crippen LogP contribution >= 0.6 is 0 Å². The summed E-state index contributed by atoms with van der Waals surface area (Å²) in [7, 11) is 2.23. The van der Waals surface area contributed by atoms with Gasteiger partial charge in [-0.05, 0) is 57.0 Å². The Hall–Kier alpha value is -0.860. The number of nitrogens with one attached hydrogen (secondary N) is 1. The van der Waals surface area contributed by atoms with Crippen molar-refractivity contribution in [2.75, 3.05) is 20.1 Å². The standard InChI is InChI=1S/C15H24N2/c1-12-6-7-14(9-13(12)2)10-16-11-15-5-4-8-17(15)3/h6-7,9,15-16H,4-5,8,10-11H2,1-3H3. The smallest absolute Gasteiger partial charge is 0.0218 e. The highest BCUT2D eigenvalue weighted by molar-refractivity contribution is 5.29. The van der Waals surface area contributed by atoms with Crippen LogP contribution in [0.25, 0.3) is 0 Å². The van der Waals surface area contributed by atoms with E-state index in [9.17, 15) is 0 Å². The summed E-state index contributed by atoms with van der Waals surface area (Å²) >= 11 is 0. The second-order valence-electron chi connectivity index (χ2n) is 5.33. The summed E-state index contributed by atoms with van der Waals surface area (Å²) in [5.74, 6) is 0. The van der Waals surface area contributed by atoms with E-state index in [0.29, 0.717) is 0 Å². The lowest BCUT2D eigenvalue weighted by atomic mass is 10.1. The third kappa shape index (κ3) is 3.30. The van der Waals surface area contributed by atoms with Crippen molar-refractivity contribution in [1.29, 1.82) is 0 Å². The Morgan fingerprint density at radius 3 is 2.76 bits per heavy atom. The van der Waals surface area contributed by atoms with Gasteiger partial charge >= 0.3 is 0 Å². The molecule has 2 heteroatoms. The van der Waals surface area contributed by atoms with Crippen LogP contribution in [0.15, 0.2) is 18.2 Å². The predicted octanol–water partition coefficient (Wildman–Crippen LogP) is 2.49. The third-order valence-electron chi connectivity index (χ3n) is 3.95. The number of aryl methyl sites for hydroxylation is 2. The summed E-state index contributed by atoms with van der Waals surface area (Å²) in [5, 5.41) is 3.58. The van der Waals surface area contributed by atoms with Gasteiger partial charge in [0.2, 0.25) is 0 Å². The minimum atomic E-state index is 0.738. The van der Waals surface area contributed by atoms with Crippen molar-refractivity contribution in [1.82, 2.24) is 10.2 Å². The highest BCUT2D eigenvalue weighted by Gasteiger charge is 2.19. The molecule has 94 valence electrons. The first-order valence-electron chi connectivity index (χ1n) is 6.64. The molecule has 0 saturated carbocycles. The summed E-state index contributed by atoms with van der Waals surface area (Å²) < 4.78 is 0. The Balaban J connectivity index is 1.79. The maximum atomic E-state index is 3.58. The molecule has 2 nitrogen and oxygen atoms in total. The maximum Gasteiger partial charge on any atom is 0.0218 e. The van der Waals surface area contributed by atoms with Gasteiger partial charge in [0.15, 0.2) is 0 Å². The molecule has 1 aliphatic heterocycles. The lowest BCUT2D eigenvalue weighted by Crippen LogP contribution is -2.35. The minimum absolute atomic E-state index is 0.738. The molecule has 1 saturated heterocycles. The highest BCUT2D eigenvalue weighted by atomic mass is 15.2. The molecule has 1 fully saturated rings. The quantitative estimate of drug-likeness (QED) is 0.858. The molecule has 0 aliphatic carbocycles. The van der Waals surface area contributed by atoms with E-state index in [1.54, 1.807) is 0 Å². The molecule has 1 heterocycles. The van der Waals surface area contributed by atoms with E-state index in [2.05, 4.69) is 49.3 Å². The van der Waals surface area contributed by atoms with Crippen LogP contribution in [-0.2, 0) is 6.54 Å². The van der Waals surface area contributed by atoms with Gasteiger partial charge in [-0.2, -0.15) is 0 Å². The fourth-order valence-electron chi connectivity index (χ4n) is 2.53. The average Bonchev–Trinajstić information content (AvgIpc) is 2.70. The molecule has 0 radical (unpaired) electrons. The Morgan fingerprint density at radius 2 is 2.12 bits per heavy atom. The minimum Gasteiger partial charge on any atom is -0.311 e. The van der Waals surface area contributed by atoms with E-state index in [1.165, 1.54) is 36.1 Å². The summed E-state index contributed by atoms with van der Waals surface area (Å²) in [6.07, 6.45) is 2.70. The Bertz CT molecular complexity index is 373. The number of likely N-dealkylation sites (N-methyl/N-ethyl adjacent to an activating group) is 1. The van der Waals surface area contributed by atoms with E-state index < -0.39 is 0 Å². The van der Waals surface area contributed by atoms with E-state index in [0.717, 1.165) is 19.1 Å². The Morgan fingerprint density at radius 1 is 1.29 bits per heavy atom. The zero-order valence-electron chi connectivity index (χ0n) is 11.3. The Labute approximate surface area is 105 Å². The number of rotatable bonds is 4. The van der Waals surface area contributed by atoms with Gasteiger partial charge in [0, 0.05) is 19.1 Å². The zero-order chi connectivity index (χ0) is 12.3. The van der Waals surface area contributed by atoms with E-state index >= 15 is 0 Å². The first-order valence-corrected chi connectivity index (χ1v) is 6.64. The van der Waals surface area contributed by atoms with Crippen LogP contribution in [0.5, 0.6) is 0 Å². The average molecular weight is 232 g/mol. The van der Waals surface area contributed by atoms with Gasteiger partial charge in [-0.25, -0.2) is 0 Å². The van der Waals surface area contributed by atoms with Gasteiger partial charge in [0.1, 0.15) is 0 Å². The Kier molecular flexibility index (Phi) is 4.19. The van der Waals surface area contributed by atoms with Crippen LogP contribution in [0.3, 0.4) is 0 Å². The van der Waals surface area contributed by atoms with Crippen molar-refractivity contribution in [3.05, 3.63) is 34.9 Å². The second-order valence-corrected chi connectivity index (χ2v) is 5.33. The number of benzene rings is 1. The fraction of sp³-hybridized carbons (Fsp3) is 0.600. The molecule has 0 aromatic heterocycles. The van der Waals surface area contributed by atoms with Crippen LogP contribution < -0.4 is 5.32 Å². The molecule has 0 spiro atoms. The maximum absolute atomic E-state index is 3.58. The van der Waals surface area contributed by atoms with Gasteiger partial charge in [-0.3, -0.25) is 0 Å². The number of hydrogen-bond donors (Lipinski definition) is 1. The summed E-state index contributed by atoms with van der Waals surface area (Å²) in [5.41, 5.74) is 4.17. The van der Waals surface area contributed by atoms with Crippen molar-refractivity contribution < 1.29 is 0 Å². The fourth-order valence-corrected chi connectivity index (χ4v) is 2.53. The molecule has 1 aliphatic rings. The SMILES string of the molecule is Cc1ccc(CNCC2CCCN2C)cc1C. The van der Waals surface area contributed by atoms with Crippen molar-refractivity contribution in [2.24, 2.45) is 0 Å². The van der Waals surface area contributed by atoms with Gasteiger partial charge in [-0.1, -0.05) is 18.2 Å². The van der Waals surface area contributed by atoms with Gasteiger partial charge in [0.25, 0.3) is 0 Å². The first-order chi connectivity index (χ1) is 8.16. The van der Waals surface area contributed by atoms with E-state index in [4.69, 9.17) is 0 Å². The topological polar surface area (TPSA) is 15.3 Å². The molecule has 2 rings (SSSR count). The molecular weight excluding hydrogens is 208 g/mol. The summed E-state index contributed by atoms with van der Waals surface area (Å²) in [6.45, 7) is 7.72. The molecule has 17 heavy (non-hydrogen) atoms. The van der Waals surface area contributed by atoms with E-state index in [1.807, 2.05) is 0 Å². The largest absolute Gasteiger partial charge is 0.311 e. The second kappa shape index (κ2) is 5.65. The van der Waals surface area contributed by atoms with E-state index in [-0.39, 0.29) is 0 Å². The van der Waals surface area contributed by atoms with Crippen LogP contribution in [-0.4, -0.2) is 31.1 Å². The van der Waals surface area contributed by atoms with Crippen molar-refractivity contribution in [2.45, 2.75) is 39.3 Å². The van der Waals surface area contributed by atoms with Crippen LogP contribution in [0.4, 0.5) is 0 Å². The van der Waals surface area contributed by atoms with Crippen molar-refractivity contribution in [3.8, 4) is 0 Å². The summed E-state index contributed by atoms with van der Waals surface area (Å²) in [4.78, 5) is 2.47. The molecule has 1 aromatic rings. The molecule has 0 amide bonds. The number of nitrogens with zero attached hydrogens (tertiary/aromatic N) is 1. The summed E-state index contributed by atoms with van der Waals surface area (Å²) in [6, 6.07) is 7.48. The number of likely N-dealkylation sites (tertiary alicyclic amines) is 1. The first kappa shape index (κ1) is 12.6. The van der Waals surface area contributed by atoms with Crippen LogP contribution in [0.1, 0.15) is 29.5 Å². The molecule has 1 unspecified atom stereocenters. The number of hydrogen-bond acceptors (Lipinski definition) is 2. The predicted molar refractivity (Wildman–Crippen MR) is 73.3 cm³/mol. The molecule has 1 aromatic carbocycles. The monoisotopic (exact) mass is 232 g/mol. The molecule has 1 atom stereocenters. The molecule has 0 bridgehead atoms. The molecular formula is C15H24N2. The van der Waals surface area contributed by atoms with Gasteiger partial charge in [0.05, 0.1) is 0 Å². The van der Waals surface area contributed by atoms with Crippen LogP contribution in [0, 0.1) is 13.8 Å². The molecule has 1 N–H and O–H groups in total. The lowest BCUT2D eigenvalue weighted by Gasteiger charge is -2.19. The van der Waals surface area contributed by atoms with Crippen LogP contribution in [0.2, 0.25) is 0 Å². The lowest BCUT2D eigenvalue weighted by molar-refractivity contribution is 0.300. The van der Waals surface area contributed by atoms with Crippen molar-refractivity contribution >= 4 is 0 Å². The normalized spacial score (nSPS) is 21.0. The highest BCUT2D eigenvalue weighted by Crippen LogP contribution is 2.14.